The number of para-hydroxylation sites is 1. The second-order valence-electron chi connectivity index (χ2n) is 5.18. The minimum atomic E-state index is -0.0943. The molecule has 0 amide bonds. The Kier molecular flexibility index (Phi) is 3.02. The molecule has 0 unspecified atom stereocenters. The van der Waals surface area contributed by atoms with Gasteiger partial charge in [-0.2, -0.15) is 0 Å². The summed E-state index contributed by atoms with van der Waals surface area (Å²) in [6.07, 6.45) is 2.82. The third-order valence-electron chi connectivity index (χ3n) is 3.78. The zero-order valence-corrected chi connectivity index (χ0v) is 10.1. The van der Waals surface area contributed by atoms with Crippen LogP contribution >= 0.6 is 0 Å². The van der Waals surface area contributed by atoms with Crippen LogP contribution in [-0.4, -0.2) is 37.6 Å². The highest BCUT2D eigenvalue weighted by molar-refractivity contribution is 5.47. The first kappa shape index (κ1) is 11.0. The van der Waals surface area contributed by atoms with Gasteiger partial charge in [-0.25, -0.2) is 4.39 Å². The molecule has 3 rings (SSSR count). The topological polar surface area (TPSA) is 6.48 Å². The number of anilines is 1. The lowest BCUT2D eigenvalue weighted by Gasteiger charge is -2.36. The second-order valence-corrected chi connectivity index (χ2v) is 5.18. The van der Waals surface area contributed by atoms with Crippen molar-refractivity contribution in [2.45, 2.75) is 12.8 Å². The van der Waals surface area contributed by atoms with Crippen molar-refractivity contribution in [3.63, 3.8) is 0 Å². The van der Waals surface area contributed by atoms with Crippen LogP contribution in [0.5, 0.6) is 0 Å². The van der Waals surface area contributed by atoms with Crippen LogP contribution in [0, 0.1) is 11.7 Å². The number of halogens is 1. The van der Waals surface area contributed by atoms with Crippen molar-refractivity contribution in [2.75, 3.05) is 37.6 Å². The monoisotopic (exact) mass is 234 g/mol. The van der Waals surface area contributed by atoms with Gasteiger partial charge in [0.25, 0.3) is 0 Å². The molecular weight excluding hydrogens is 215 g/mol. The normalized spacial score (nSPS) is 21.8. The number of nitrogens with zero attached hydrogens (tertiary/aromatic N) is 2. The van der Waals surface area contributed by atoms with Crippen LogP contribution in [0.1, 0.15) is 12.8 Å². The van der Waals surface area contributed by atoms with Crippen LogP contribution in [0.15, 0.2) is 24.3 Å². The predicted molar refractivity (Wildman–Crippen MR) is 67.8 cm³/mol. The van der Waals surface area contributed by atoms with Gasteiger partial charge < -0.3 is 4.90 Å². The summed E-state index contributed by atoms with van der Waals surface area (Å²) in [6.45, 7) is 5.31. The largest absolute Gasteiger partial charge is 0.367 e. The zero-order valence-electron chi connectivity index (χ0n) is 10.1. The molecular formula is C14H19FN2. The molecule has 3 heteroatoms. The summed E-state index contributed by atoms with van der Waals surface area (Å²) in [6, 6.07) is 7.09. The molecule has 0 bridgehead atoms. The third kappa shape index (κ3) is 2.60. The van der Waals surface area contributed by atoms with Gasteiger partial charge in [-0.05, 0) is 30.9 Å². The van der Waals surface area contributed by atoms with E-state index in [1.807, 2.05) is 12.1 Å². The van der Waals surface area contributed by atoms with E-state index in [1.54, 1.807) is 12.1 Å². The lowest BCUT2D eigenvalue weighted by atomic mass is 10.2. The molecule has 1 heterocycles. The van der Waals surface area contributed by atoms with Crippen LogP contribution in [0.25, 0.3) is 0 Å². The molecule has 1 aromatic carbocycles. The van der Waals surface area contributed by atoms with E-state index in [1.165, 1.54) is 19.4 Å². The molecule has 1 saturated carbocycles. The Hall–Kier alpha value is -1.09. The number of benzene rings is 1. The van der Waals surface area contributed by atoms with Gasteiger partial charge in [0.1, 0.15) is 5.82 Å². The lowest BCUT2D eigenvalue weighted by molar-refractivity contribution is 0.247. The lowest BCUT2D eigenvalue weighted by Crippen LogP contribution is -2.47. The van der Waals surface area contributed by atoms with E-state index in [0.717, 1.165) is 37.8 Å². The predicted octanol–water partition coefficient (Wildman–Crippen LogP) is 2.36. The second kappa shape index (κ2) is 4.65. The Balaban J connectivity index is 1.58. The summed E-state index contributed by atoms with van der Waals surface area (Å²) in [5.74, 6) is 0.859. The fourth-order valence-corrected chi connectivity index (χ4v) is 2.55. The molecule has 1 aromatic rings. The summed E-state index contributed by atoms with van der Waals surface area (Å²) in [5, 5.41) is 0. The van der Waals surface area contributed by atoms with E-state index in [0.29, 0.717) is 0 Å². The fraction of sp³-hybridized carbons (Fsp3) is 0.571. The molecule has 0 spiro atoms. The smallest absolute Gasteiger partial charge is 0.146 e. The quantitative estimate of drug-likeness (QED) is 0.792. The van der Waals surface area contributed by atoms with Gasteiger partial charge in [-0.1, -0.05) is 12.1 Å². The van der Waals surface area contributed by atoms with E-state index < -0.39 is 0 Å². The summed E-state index contributed by atoms with van der Waals surface area (Å²) in [4.78, 5) is 4.69. The zero-order chi connectivity index (χ0) is 11.7. The van der Waals surface area contributed by atoms with E-state index in [9.17, 15) is 4.39 Å². The molecule has 2 fully saturated rings. The maximum absolute atomic E-state index is 13.6. The highest BCUT2D eigenvalue weighted by Crippen LogP contribution is 2.30. The van der Waals surface area contributed by atoms with Crippen molar-refractivity contribution in [3.8, 4) is 0 Å². The number of hydrogen-bond acceptors (Lipinski definition) is 2. The van der Waals surface area contributed by atoms with Gasteiger partial charge in [0.2, 0.25) is 0 Å². The van der Waals surface area contributed by atoms with Crippen molar-refractivity contribution in [1.29, 1.82) is 0 Å². The Labute approximate surface area is 102 Å². The van der Waals surface area contributed by atoms with Gasteiger partial charge in [0, 0.05) is 32.7 Å². The summed E-state index contributed by atoms with van der Waals surface area (Å²) in [7, 11) is 0. The van der Waals surface area contributed by atoms with Gasteiger partial charge in [-0.15, -0.1) is 0 Å². The van der Waals surface area contributed by atoms with E-state index in [4.69, 9.17) is 0 Å². The molecule has 0 radical (unpaired) electrons. The average molecular weight is 234 g/mol. The van der Waals surface area contributed by atoms with Crippen molar-refractivity contribution in [2.24, 2.45) is 5.92 Å². The van der Waals surface area contributed by atoms with Crippen LogP contribution in [0.4, 0.5) is 10.1 Å². The molecule has 1 saturated heterocycles. The molecule has 1 aliphatic heterocycles. The first-order valence-electron chi connectivity index (χ1n) is 6.55. The highest BCUT2D eigenvalue weighted by Gasteiger charge is 2.26. The molecule has 0 N–H and O–H groups in total. The van der Waals surface area contributed by atoms with Crippen LogP contribution in [0.3, 0.4) is 0 Å². The maximum atomic E-state index is 13.6. The molecule has 92 valence electrons. The maximum Gasteiger partial charge on any atom is 0.146 e. The van der Waals surface area contributed by atoms with E-state index >= 15 is 0 Å². The first-order valence-corrected chi connectivity index (χ1v) is 6.55. The minimum Gasteiger partial charge on any atom is -0.367 e. The molecule has 0 aromatic heterocycles. The van der Waals surface area contributed by atoms with Crippen molar-refractivity contribution in [3.05, 3.63) is 30.1 Å². The minimum absolute atomic E-state index is 0.0943. The Morgan fingerprint density at radius 3 is 2.41 bits per heavy atom. The summed E-state index contributed by atoms with van der Waals surface area (Å²) >= 11 is 0. The van der Waals surface area contributed by atoms with Gasteiger partial charge in [0.15, 0.2) is 0 Å². The van der Waals surface area contributed by atoms with Crippen LogP contribution in [0.2, 0.25) is 0 Å². The Morgan fingerprint density at radius 2 is 1.76 bits per heavy atom. The molecule has 1 aliphatic carbocycles. The Bertz CT molecular complexity index is 382. The SMILES string of the molecule is Fc1ccccc1N1CCN(CC2CC2)CC1. The molecule has 2 nitrogen and oxygen atoms in total. The highest BCUT2D eigenvalue weighted by atomic mass is 19.1. The van der Waals surface area contributed by atoms with E-state index in [-0.39, 0.29) is 5.82 Å². The number of hydrogen-bond donors (Lipinski definition) is 0. The van der Waals surface area contributed by atoms with Gasteiger partial charge in [0.05, 0.1) is 5.69 Å². The first-order chi connectivity index (χ1) is 8.33. The molecule has 0 atom stereocenters. The average Bonchev–Trinajstić information content (AvgIpc) is 3.15. The number of piperazine rings is 1. The molecule has 2 aliphatic rings. The van der Waals surface area contributed by atoms with Crippen molar-refractivity contribution < 1.29 is 4.39 Å². The Morgan fingerprint density at radius 1 is 1.06 bits per heavy atom. The van der Waals surface area contributed by atoms with E-state index in [2.05, 4.69) is 9.80 Å². The fourth-order valence-electron chi connectivity index (χ4n) is 2.55. The number of rotatable bonds is 3. The van der Waals surface area contributed by atoms with Gasteiger partial charge >= 0.3 is 0 Å². The standard InChI is InChI=1S/C14H19FN2/c15-13-3-1-2-4-14(13)17-9-7-16(8-10-17)11-12-5-6-12/h1-4,12H,5-11H2. The van der Waals surface area contributed by atoms with Crippen LogP contribution in [-0.2, 0) is 0 Å². The molecule has 17 heavy (non-hydrogen) atoms. The summed E-state index contributed by atoms with van der Waals surface area (Å²) in [5.41, 5.74) is 0.763. The third-order valence-corrected chi connectivity index (χ3v) is 3.78. The van der Waals surface area contributed by atoms with Crippen molar-refractivity contribution >= 4 is 5.69 Å². The summed E-state index contributed by atoms with van der Waals surface area (Å²) < 4.78 is 13.6. The van der Waals surface area contributed by atoms with Gasteiger partial charge in [-0.3, -0.25) is 4.90 Å². The van der Waals surface area contributed by atoms with Crippen LogP contribution < -0.4 is 4.90 Å². The van der Waals surface area contributed by atoms with Crippen molar-refractivity contribution in [1.82, 2.24) is 4.90 Å².